The average molecular weight is 397 g/mol. The molecule has 1 aliphatic carbocycles. The van der Waals surface area contributed by atoms with Crippen LogP contribution >= 0.6 is 0 Å². The van der Waals surface area contributed by atoms with E-state index in [1.165, 1.54) is 0 Å². The summed E-state index contributed by atoms with van der Waals surface area (Å²) in [6.07, 6.45) is 1.35. The lowest BCUT2D eigenvalue weighted by Crippen LogP contribution is -2.33. The van der Waals surface area contributed by atoms with Crippen LogP contribution in [0.2, 0.25) is 0 Å². The van der Waals surface area contributed by atoms with Crippen LogP contribution in [0.5, 0.6) is 0 Å². The van der Waals surface area contributed by atoms with E-state index in [-0.39, 0.29) is 22.8 Å². The van der Waals surface area contributed by atoms with E-state index in [4.69, 9.17) is 0 Å². The summed E-state index contributed by atoms with van der Waals surface area (Å²) in [5.74, 6) is -0.787. The van der Waals surface area contributed by atoms with Crippen molar-refractivity contribution in [2.75, 3.05) is 5.32 Å². The smallest absolute Gasteiger partial charge is 0.335 e. The third-order valence-electron chi connectivity index (χ3n) is 6.23. The van der Waals surface area contributed by atoms with Crippen LogP contribution in [0.3, 0.4) is 0 Å². The molecule has 0 unspecified atom stereocenters. The second-order valence-electron chi connectivity index (χ2n) is 9.05. The number of ketones is 1. The van der Waals surface area contributed by atoms with Crippen molar-refractivity contribution in [2.45, 2.75) is 32.7 Å². The van der Waals surface area contributed by atoms with E-state index in [9.17, 15) is 14.7 Å². The molecule has 5 rings (SSSR count). The first-order valence-corrected chi connectivity index (χ1v) is 10.2. The van der Waals surface area contributed by atoms with Gasteiger partial charge in [-0.05, 0) is 51.9 Å². The first-order chi connectivity index (χ1) is 14.3. The van der Waals surface area contributed by atoms with Gasteiger partial charge in [0, 0.05) is 23.2 Å². The van der Waals surface area contributed by atoms with Crippen LogP contribution in [0, 0.1) is 5.41 Å². The van der Waals surface area contributed by atoms with Gasteiger partial charge in [-0.15, -0.1) is 0 Å². The molecule has 1 aliphatic heterocycles. The number of anilines is 1. The van der Waals surface area contributed by atoms with Crippen molar-refractivity contribution < 1.29 is 14.7 Å². The minimum atomic E-state index is -0.953. The number of nitrogens with one attached hydrogen (secondary N) is 1. The van der Waals surface area contributed by atoms with Gasteiger partial charge in [-0.2, -0.15) is 0 Å². The predicted octanol–water partition coefficient (Wildman–Crippen LogP) is 5.85. The maximum Gasteiger partial charge on any atom is 0.335 e. The van der Waals surface area contributed by atoms with Crippen molar-refractivity contribution in [2.24, 2.45) is 5.41 Å². The molecule has 0 aromatic heterocycles. The number of benzene rings is 3. The summed E-state index contributed by atoms with van der Waals surface area (Å²) < 4.78 is 0. The van der Waals surface area contributed by atoms with Gasteiger partial charge >= 0.3 is 5.97 Å². The largest absolute Gasteiger partial charge is 0.478 e. The first kappa shape index (κ1) is 18.6. The number of allylic oxidation sites excluding steroid dienone is 1. The Hall–Kier alpha value is -3.40. The molecule has 0 saturated heterocycles. The Bertz CT molecular complexity index is 1230. The van der Waals surface area contributed by atoms with Crippen LogP contribution in [0.15, 0.2) is 66.2 Å². The maximum atomic E-state index is 13.4. The molecule has 3 aromatic carbocycles. The number of carbonyl (C=O) groups excluding carboxylic acids is 1. The zero-order valence-electron chi connectivity index (χ0n) is 17.0. The van der Waals surface area contributed by atoms with Gasteiger partial charge in [0.15, 0.2) is 5.78 Å². The summed E-state index contributed by atoms with van der Waals surface area (Å²) in [5, 5.41) is 15.1. The Labute approximate surface area is 175 Å². The molecule has 150 valence electrons. The molecule has 4 heteroatoms. The molecule has 2 aliphatic rings. The molecule has 0 bridgehead atoms. The number of Topliss-reactive ketones (excluding diaryl/α,β-unsaturated/α-hetero) is 1. The summed E-state index contributed by atoms with van der Waals surface area (Å²) in [6.45, 7) is 4.30. The lowest BCUT2D eigenvalue weighted by molar-refractivity contribution is -0.118. The summed E-state index contributed by atoms with van der Waals surface area (Å²) in [7, 11) is 0. The molecule has 0 saturated carbocycles. The quantitative estimate of drug-likeness (QED) is 0.569. The summed E-state index contributed by atoms with van der Waals surface area (Å²) in [6, 6.07) is 19.0. The fourth-order valence-corrected chi connectivity index (χ4v) is 4.91. The number of rotatable bonds is 2. The molecule has 0 amide bonds. The monoisotopic (exact) mass is 397 g/mol. The van der Waals surface area contributed by atoms with Gasteiger partial charge in [0.1, 0.15) is 0 Å². The Morgan fingerprint density at radius 3 is 2.47 bits per heavy atom. The Balaban J connectivity index is 1.74. The zero-order chi connectivity index (χ0) is 21.0. The SMILES string of the molecule is CC1(C)CC(=O)C2=C(C1)c1c(ccc3ccccc13)N[C@@H]2c1ccc(C(=O)O)cc1. The molecule has 3 aromatic rings. The Morgan fingerprint density at radius 2 is 1.73 bits per heavy atom. The van der Waals surface area contributed by atoms with Gasteiger partial charge in [-0.1, -0.05) is 56.3 Å². The van der Waals surface area contributed by atoms with Crippen LogP contribution in [0.4, 0.5) is 5.69 Å². The number of fused-ring (bicyclic) bond motifs is 4. The molecule has 0 radical (unpaired) electrons. The van der Waals surface area contributed by atoms with Crippen LogP contribution in [-0.2, 0) is 4.79 Å². The van der Waals surface area contributed by atoms with Gasteiger partial charge in [-0.25, -0.2) is 4.79 Å². The number of hydrogen-bond donors (Lipinski definition) is 2. The predicted molar refractivity (Wildman–Crippen MR) is 119 cm³/mol. The maximum absolute atomic E-state index is 13.4. The normalized spacial score (nSPS) is 19.8. The fraction of sp³-hybridized carbons (Fsp3) is 0.231. The van der Waals surface area contributed by atoms with Gasteiger partial charge in [0.25, 0.3) is 0 Å². The average Bonchev–Trinajstić information content (AvgIpc) is 2.72. The highest BCUT2D eigenvalue weighted by Crippen LogP contribution is 2.51. The highest BCUT2D eigenvalue weighted by atomic mass is 16.4. The summed E-state index contributed by atoms with van der Waals surface area (Å²) in [4.78, 5) is 24.6. The number of carboxylic acid groups (broad SMARTS) is 1. The van der Waals surface area contributed by atoms with Crippen molar-refractivity contribution in [3.8, 4) is 0 Å². The third-order valence-corrected chi connectivity index (χ3v) is 6.23. The van der Waals surface area contributed by atoms with E-state index >= 15 is 0 Å². The van der Waals surface area contributed by atoms with Crippen LogP contribution in [0.25, 0.3) is 16.3 Å². The minimum Gasteiger partial charge on any atom is -0.478 e. The summed E-state index contributed by atoms with van der Waals surface area (Å²) in [5.41, 5.74) is 5.13. The molecule has 0 fully saturated rings. The second-order valence-corrected chi connectivity index (χ2v) is 9.05. The molecular formula is C26H23NO3. The van der Waals surface area contributed by atoms with Crippen LogP contribution in [-0.4, -0.2) is 16.9 Å². The molecule has 4 nitrogen and oxygen atoms in total. The van der Waals surface area contributed by atoms with Crippen molar-refractivity contribution in [1.29, 1.82) is 0 Å². The van der Waals surface area contributed by atoms with Gasteiger partial charge < -0.3 is 10.4 Å². The van der Waals surface area contributed by atoms with E-state index < -0.39 is 5.97 Å². The number of carbonyl (C=O) groups is 2. The van der Waals surface area contributed by atoms with Crippen LogP contribution < -0.4 is 5.32 Å². The van der Waals surface area contributed by atoms with E-state index in [1.807, 2.05) is 24.3 Å². The molecular weight excluding hydrogens is 374 g/mol. The molecule has 0 spiro atoms. The topological polar surface area (TPSA) is 66.4 Å². The lowest BCUT2D eigenvalue weighted by atomic mass is 9.68. The van der Waals surface area contributed by atoms with E-state index in [1.54, 1.807) is 12.1 Å². The second kappa shape index (κ2) is 6.56. The fourth-order valence-electron chi connectivity index (χ4n) is 4.91. The van der Waals surface area contributed by atoms with Gasteiger partial charge in [0.05, 0.1) is 11.6 Å². The zero-order valence-corrected chi connectivity index (χ0v) is 17.0. The summed E-state index contributed by atoms with van der Waals surface area (Å²) >= 11 is 0. The highest BCUT2D eigenvalue weighted by Gasteiger charge is 2.40. The van der Waals surface area contributed by atoms with Crippen molar-refractivity contribution in [1.82, 2.24) is 0 Å². The molecule has 1 atom stereocenters. The third kappa shape index (κ3) is 2.91. The van der Waals surface area contributed by atoms with Crippen LogP contribution in [0.1, 0.15) is 54.2 Å². The Morgan fingerprint density at radius 1 is 1.00 bits per heavy atom. The highest BCUT2D eigenvalue weighted by molar-refractivity contribution is 6.12. The van der Waals surface area contributed by atoms with E-state index in [0.29, 0.717) is 6.42 Å². The number of hydrogen-bond acceptors (Lipinski definition) is 3. The van der Waals surface area contributed by atoms with E-state index in [2.05, 4.69) is 43.4 Å². The minimum absolute atomic E-state index is 0.0980. The molecule has 2 N–H and O–H groups in total. The molecule has 30 heavy (non-hydrogen) atoms. The van der Waals surface area contributed by atoms with Crippen molar-refractivity contribution >= 4 is 33.8 Å². The van der Waals surface area contributed by atoms with E-state index in [0.717, 1.165) is 45.2 Å². The lowest BCUT2D eigenvalue weighted by Gasteiger charge is -2.40. The van der Waals surface area contributed by atoms with Crippen molar-refractivity contribution in [3.05, 3.63) is 82.9 Å². The van der Waals surface area contributed by atoms with Gasteiger partial charge in [-0.3, -0.25) is 4.79 Å². The Kier molecular flexibility index (Phi) is 4.07. The first-order valence-electron chi connectivity index (χ1n) is 10.2. The standard InChI is InChI=1S/C26H23NO3/c1-26(2)13-19-22-18-6-4-3-5-15(18)11-12-20(22)27-24(23(19)21(28)14-26)16-7-9-17(10-8-16)25(29)30/h3-12,24,27H,13-14H2,1-2H3,(H,29,30)/t24-/m1/s1. The van der Waals surface area contributed by atoms with Gasteiger partial charge in [0.2, 0.25) is 0 Å². The molecule has 1 heterocycles. The number of carboxylic acids is 1. The van der Waals surface area contributed by atoms with Crippen molar-refractivity contribution in [3.63, 3.8) is 0 Å². The number of aromatic carboxylic acids is 1.